The van der Waals surface area contributed by atoms with Crippen molar-refractivity contribution in [1.82, 2.24) is 0 Å². The van der Waals surface area contributed by atoms with Crippen molar-refractivity contribution in [2.75, 3.05) is 0 Å². The Hall–Kier alpha value is -2.57. The Morgan fingerprint density at radius 3 is 2.04 bits per heavy atom. The maximum atomic E-state index is 11.1. The summed E-state index contributed by atoms with van der Waals surface area (Å²) in [6, 6.07) is 0. The third-order valence-electron chi connectivity index (χ3n) is 3.79. The molecule has 0 atom stereocenters. The van der Waals surface area contributed by atoms with Gasteiger partial charge in [0.25, 0.3) is 0 Å². The lowest BCUT2D eigenvalue weighted by Gasteiger charge is -1.96. The van der Waals surface area contributed by atoms with E-state index >= 15 is 0 Å². The number of rotatable bonds is 16. The molecule has 27 heavy (non-hydrogen) atoms. The van der Waals surface area contributed by atoms with Crippen molar-refractivity contribution < 1.29 is 14.6 Å². The van der Waals surface area contributed by atoms with E-state index in [4.69, 9.17) is 0 Å². The van der Waals surface area contributed by atoms with E-state index in [0.717, 1.165) is 32.1 Å². The predicted octanol–water partition coefficient (Wildman–Crippen LogP) is 5.45. The van der Waals surface area contributed by atoms with E-state index in [1.807, 2.05) is 19.3 Å². The number of hydrogen-bond acceptors (Lipinski definition) is 5. The van der Waals surface area contributed by atoms with Crippen LogP contribution in [0.2, 0.25) is 0 Å². The predicted molar refractivity (Wildman–Crippen MR) is 106 cm³/mol. The van der Waals surface area contributed by atoms with Gasteiger partial charge in [0.15, 0.2) is 6.29 Å². The normalized spacial score (nSPS) is 12.8. The molecule has 0 unspecified atom stereocenters. The molecule has 0 aliphatic rings. The summed E-state index contributed by atoms with van der Waals surface area (Å²) >= 11 is 0. The van der Waals surface area contributed by atoms with Gasteiger partial charge in [-0.25, -0.2) is 0 Å². The number of hydrogen-bond donors (Lipinski definition) is 0. The molecule has 0 N–H and O–H groups in total. The first kappa shape index (κ1) is 24.4. The van der Waals surface area contributed by atoms with Gasteiger partial charge in [-0.2, -0.15) is 0 Å². The smallest absolute Gasteiger partial charge is 0.246 e. The van der Waals surface area contributed by atoms with E-state index in [1.165, 1.54) is 6.08 Å². The second-order valence-corrected chi connectivity index (χ2v) is 6.00. The molecule has 0 aliphatic carbocycles. The summed E-state index contributed by atoms with van der Waals surface area (Å²) in [7, 11) is 0. The van der Waals surface area contributed by atoms with E-state index in [1.54, 1.807) is 24.3 Å². The van der Waals surface area contributed by atoms with Crippen molar-refractivity contribution >= 4 is 6.29 Å². The molecule has 149 valence electrons. The van der Waals surface area contributed by atoms with Gasteiger partial charge in [-0.1, -0.05) is 44.1 Å². The molecule has 0 aromatic rings. The second kappa shape index (κ2) is 16.9. The monoisotopic (exact) mass is 377 g/mol. The minimum Gasteiger partial charge on any atom is -0.291 e. The fourth-order valence-electron chi connectivity index (χ4n) is 2.34. The van der Waals surface area contributed by atoms with Gasteiger partial charge in [-0.15, -0.1) is 0 Å². The Morgan fingerprint density at radius 2 is 1.44 bits per heavy atom. The van der Waals surface area contributed by atoms with Crippen molar-refractivity contribution in [2.24, 2.45) is 0 Å². The highest BCUT2D eigenvalue weighted by molar-refractivity contribution is 5.50. The summed E-state index contributed by atoms with van der Waals surface area (Å²) in [5.74, 6) is 0. The molecule has 0 bridgehead atoms. The first-order chi connectivity index (χ1) is 13.0. The van der Waals surface area contributed by atoms with Crippen LogP contribution in [-0.4, -0.2) is 16.1 Å². The Morgan fingerprint density at radius 1 is 0.852 bits per heavy atom. The molecule has 0 aromatic heterocycles. The first-order valence-corrected chi connectivity index (χ1v) is 9.34. The molecule has 1 radical (unpaired) electrons. The van der Waals surface area contributed by atoms with Gasteiger partial charge in [0.2, 0.25) is 11.4 Å². The molecule has 7 heteroatoms. The molecule has 7 nitrogen and oxygen atoms in total. The van der Waals surface area contributed by atoms with Gasteiger partial charge in [-0.05, 0) is 44.3 Å². The molecule has 0 saturated heterocycles. The number of unbranched alkanes of at least 4 members (excludes halogenated alkanes) is 5. The van der Waals surface area contributed by atoms with Crippen LogP contribution in [0.4, 0.5) is 0 Å². The Kier molecular flexibility index (Phi) is 15.3. The average Bonchev–Trinajstić information content (AvgIpc) is 2.63. The van der Waals surface area contributed by atoms with Crippen molar-refractivity contribution in [3.8, 4) is 0 Å². The number of nitrogens with zero attached hydrogens (tertiary/aromatic N) is 2. The van der Waals surface area contributed by atoms with E-state index < -0.39 is 9.85 Å². The van der Waals surface area contributed by atoms with Crippen LogP contribution in [0.3, 0.4) is 0 Å². The van der Waals surface area contributed by atoms with Crippen LogP contribution in [0, 0.1) is 20.2 Å². The molecule has 0 amide bonds. The summed E-state index contributed by atoms with van der Waals surface area (Å²) in [4.78, 5) is 31.1. The van der Waals surface area contributed by atoms with Crippen LogP contribution < -0.4 is 0 Å². The minimum absolute atomic E-state index is 0.121. The van der Waals surface area contributed by atoms with Crippen LogP contribution in [0.5, 0.6) is 0 Å². The number of carbonyl (C=O) groups excluding carboxylic acids is 1. The van der Waals surface area contributed by atoms with E-state index in [9.17, 15) is 25.0 Å². The van der Waals surface area contributed by atoms with Gasteiger partial charge in [-0.3, -0.25) is 25.0 Å². The molecule has 0 heterocycles. The molecule has 0 spiro atoms. The van der Waals surface area contributed by atoms with Gasteiger partial charge in [0.1, 0.15) is 0 Å². The SMILES string of the molecule is CC/C=C(\C/C=C\C/C=C(\C/C=C\CCCCCC[C]=O)[N+](=O)[O-])[N+](=O)[O-]. The maximum Gasteiger partial charge on any atom is 0.246 e. The third-order valence-corrected chi connectivity index (χ3v) is 3.79. The zero-order chi connectivity index (χ0) is 20.3. The van der Waals surface area contributed by atoms with E-state index in [2.05, 4.69) is 0 Å². The van der Waals surface area contributed by atoms with Crippen molar-refractivity contribution in [2.45, 2.75) is 71.1 Å². The van der Waals surface area contributed by atoms with Crippen molar-refractivity contribution in [3.05, 3.63) is 68.1 Å². The molecular weight excluding hydrogens is 348 g/mol. The Labute approximate surface area is 160 Å². The minimum atomic E-state index is -0.405. The zero-order valence-corrected chi connectivity index (χ0v) is 16.0. The zero-order valence-electron chi connectivity index (χ0n) is 16.0. The highest BCUT2D eigenvalue weighted by Crippen LogP contribution is 2.10. The lowest BCUT2D eigenvalue weighted by Crippen LogP contribution is -1.97. The van der Waals surface area contributed by atoms with Gasteiger partial charge in [0, 0.05) is 6.42 Å². The summed E-state index contributed by atoms with van der Waals surface area (Å²) in [5.41, 5.74) is 0.260. The highest BCUT2D eigenvalue weighted by atomic mass is 16.6. The molecular formula is C20H29N2O5. The van der Waals surface area contributed by atoms with Crippen LogP contribution in [0.25, 0.3) is 0 Å². The lowest BCUT2D eigenvalue weighted by molar-refractivity contribution is -0.427. The molecule has 0 aliphatic heterocycles. The molecule has 0 saturated carbocycles. The average molecular weight is 377 g/mol. The fraction of sp³-hybridized carbons (Fsp3) is 0.550. The van der Waals surface area contributed by atoms with Gasteiger partial charge in [0.05, 0.1) is 22.7 Å². The van der Waals surface area contributed by atoms with Crippen molar-refractivity contribution in [1.29, 1.82) is 0 Å². The summed E-state index contributed by atoms with van der Waals surface area (Å²) in [6.45, 7) is 1.83. The van der Waals surface area contributed by atoms with Crippen molar-refractivity contribution in [3.63, 3.8) is 0 Å². The van der Waals surface area contributed by atoms with Crippen LogP contribution in [0.1, 0.15) is 71.1 Å². The summed E-state index contributed by atoms with van der Waals surface area (Å²) in [6.07, 6.45) is 18.8. The van der Waals surface area contributed by atoms with Crippen LogP contribution in [-0.2, 0) is 4.79 Å². The third kappa shape index (κ3) is 14.3. The Bertz CT molecular complexity index is 577. The van der Waals surface area contributed by atoms with Crippen LogP contribution >= 0.6 is 0 Å². The standard InChI is InChI=1S/C20H29N2O5/c1-2-14-19(21(24)25)15-11-9-12-17-20(22(26)27)16-10-7-5-3-4-6-8-13-18-23/h7,9-11,14,17H,2-6,8,12-13,15-16H2,1H3/b10-7-,11-9-,19-14+,20-17+. The highest BCUT2D eigenvalue weighted by Gasteiger charge is 2.07. The summed E-state index contributed by atoms with van der Waals surface area (Å²) in [5, 5.41) is 21.9. The molecule has 0 rings (SSSR count). The number of allylic oxidation sites excluding steroid dienone is 6. The number of nitro groups is 2. The Balaban J connectivity index is 4.24. The summed E-state index contributed by atoms with van der Waals surface area (Å²) < 4.78 is 0. The second-order valence-electron chi connectivity index (χ2n) is 6.00. The van der Waals surface area contributed by atoms with Gasteiger partial charge < -0.3 is 0 Å². The largest absolute Gasteiger partial charge is 0.291 e. The van der Waals surface area contributed by atoms with Gasteiger partial charge >= 0.3 is 0 Å². The van der Waals surface area contributed by atoms with E-state index in [0.29, 0.717) is 19.3 Å². The molecule has 0 aromatic carbocycles. The fourth-order valence-corrected chi connectivity index (χ4v) is 2.34. The molecule has 0 fully saturated rings. The first-order valence-electron chi connectivity index (χ1n) is 9.34. The van der Waals surface area contributed by atoms with E-state index in [-0.39, 0.29) is 24.2 Å². The van der Waals surface area contributed by atoms with Crippen LogP contribution in [0.15, 0.2) is 47.9 Å². The topological polar surface area (TPSA) is 103 Å². The maximum absolute atomic E-state index is 11.1. The quantitative estimate of drug-likeness (QED) is 0.154. The lowest BCUT2D eigenvalue weighted by atomic mass is 10.1.